The minimum atomic E-state index is 0.569. The molecule has 4 aliphatic carbocycles. The molecule has 1 aromatic heterocycles. The SMILES string of the molecule is Cc1sc(Br)cc1C(Br)C12CC3CC(CC(C3)C1)C2. The molecular formula is C16H20Br2S. The maximum atomic E-state index is 4.12. The van der Waals surface area contributed by atoms with Gasteiger partial charge in [-0.05, 0) is 96.2 Å². The molecule has 4 saturated carbocycles. The lowest BCUT2D eigenvalue weighted by Gasteiger charge is -2.58. The molecular weight excluding hydrogens is 384 g/mol. The van der Waals surface area contributed by atoms with E-state index in [9.17, 15) is 0 Å². The fraction of sp³-hybridized carbons (Fsp3) is 0.750. The molecule has 0 nitrogen and oxygen atoms in total. The van der Waals surface area contributed by atoms with Crippen LogP contribution in [-0.2, 0) is 0 Å². The second-order valence-electron chi connectivity index (χ2n) is 7.20. The fourth-order valence-electron chi connectivity index (χ4n) is 5.53. The van der Waals surface area contributed by atoms with Gasteiger partial charge >= 0.3 is 0 Å². The number of rotatable bonds is 2. The average molecular weight is 404 g/mol. The predicted octanol–water partition coefficient (Wildman–Crippen LogP) is 6.47. The van der Waals surface area contributed by atoms with E-state index in [1.165, 1.54) is 47.2 Å². The van der Waals surface area contributed by atoms with Gasteiger partial charge in [0.1, 0.15) is 0 Å². The quantitative estimate of drug-likeness (QED) is 0.496. The monoisotopic (exact) mass is 402 g/mol. The van der Waals surface area contributed by atoms with Gasteiger partial charge in [0.25, 0.3) is 0 Å². The van der Waals surface area contributed by atoms with Crippen molar-refractivity contribution in [2.45, 2.75) is 50.3 Å². The smallest absolute Gasteiger partial charge is 0.0704 e. The summed E-state index contributed by atoms with van der Waals surface area (Å²) in [6.07, 6.45) is 9.02. The maximum Gasteiger partial charge on any atom is 0.0704 e. The van der Waals surface area contributed by atoms with E-state index in [-0.39, 0.29) is 0 Å². The van der Waals surface area contributed by atoms with Crippen LogP contribution in [0.25, 0.3) is 0 Å². The Balaban J connectivity index is 1.69. The van der Waals surface area contributed by atoms with E-state index in [0.29, 0.717) is 10.2 Å². The van der Waals surface area contributed by atoms with Gasteiger partial charge in [0.15, 0.2) is 0 Å². The Morgan fingerprint density at radius 1 is 1.16 bits per heavy atom. The maximum absolute atomic E-state index is 4.12. The first-order chi connectivity index (χ1) is 9.06. The molecule has 0 saturated heterocycles. The van der Waals surface area contributed by atoms with Crippen LogP contribution in [0.2, 0.25) is 0 Å². The summed E-state index contributed by atoms with van der Waals surface area (Å²) in [5, 5.41) is 0. The van der Waals surface area contributed by atoms with Crippen LogP contribution in [0.5, 0.6) is 0 Å². The van der Waals surface area contributed by atoms with Gasteiger partial charge in [-0.2, -0.15) is 0 Å². The summed E-state index contributed by atoms with van der Waals surface area (Å²) in [7, 11) is 0. The third-order valence-corrected chi connectivity index (χ3v) is 8.86. The van der Waals surface area contributed by atoms with Crippen molar-refractivity contribution in [1.82, 2.24) is 0 Å². The first-order valence-electron chi connectivity index (χ1n) is 7.46. The molecule has 1 atom stereocenters. The van der Waals surface area contributed by atoms with E-state index >= 15 is 0 Å². The molecule has 5 rings (SSSR count). The van der Waals surface area contributed by atoms with E-state index in [1.807, 2.05) is 11.3 Å². The van der Waals surface area contributed by atoms with Crippen molar-refractivity contribution in [3.8, 4) is 0 Å². The molecule has 0 amide bonds. The van der Waals surface area contributed by atoms with E-state index in [1.54, 1.807) is 5.56 Å². The Hall–Kier alpha value is 0.660. The van der Waals surface area contributed by atoms with E-state index in [4.69, 9.17) is 0 Å². The molecule has 1 aromatic rings. The Kier molecular flexibility index (Phi) is 3.21. The van der Waals surface area contributed by atoms with Crippen LogP contribution in [0.15, 0.2) is 9.85 Å². The molecule has 104 valence electrons. The van der Waals surface area contributed by atoms with Crippen LogP contribution >= 0.6 is 43.2 Å². The number of alkyl halides is 1. The summed E-state index contributed by atoms with van der Waals surface area (Å²) in [6.45, 7) is 2.28. The van der Waals surface area contributed by atoms with Crippen molar-refractivity contribution < 1.29 is 0 Å². The van der Waals surface area contributed by atoms with Crippen LogP contribution in [0.1, 0.15) is 53.8 Å². The first-order valence-corrected chi connectivity index (χ1v) is 9.98. The minimum absolute atomic E-state index is 0.569. The molecule has 4 aliphatic rings. The largest absolute Gasteiger partial charge is 0.133 e. The lowest BCUT2D eigenvalue weighted by molar-refractivity contribution is -0.0528. The highest BCUT2D eigenvalue weighted by molar-refractivity contribution is 9.11. The number of hydrogen-bond donors (Lipinski definition) is 0. The number of hydrogen-bond acceptors (Lipinski definition) is 1. The molecule has 0 N–H and O–H groups in total. The molecule has 19 heavy (non-hydrogen) atoms. The van der Waals surface area contributed by atoms with E-state index in [0.717, 1.165) is 17.8 Å². The molecule has 0 aliphatic heterocycles. The average Bonchev–Trinajstić information content (AvgIpc) is 2.65. The fourth-order valence-corrected chi connectivity index (χ4v) is 8.46. The van der Waals surface area contributed by atoms with Crippen molar-refractivity contribution in [3.05, 3.63) is 20.3 Å². The Labute approximate surface area is 136 Å². The van der Waals surface area contributed by atoms with Crippen molar-refractivity contribution in [3.63, 3.8) is 0 Å². The highest BCUT2D eigenvalue weighted by atomic mass is 79.9. The van der Waals surface area contributed by atoms with Gasteiger partial charge in [-0.15, -0.1) is 11.3 Å². The zero-order valence-electron chi connectivity index (χ0n) is 11.3. The molecule has 4 fully saturated rings. The summed E-state index contributed by atoms with van der Waals surface area (Å²) in [5.41, 5.74) is 2.12. The van der Waals surface area contributed by atoms with Crippen LogP contribution < -0.4 is 0 Å². The summed E-state index contributed by atoms with van der Waals surface area (Å²) in [5.74, 6) is 3.11. The third-order valence-electron chi connectivity index (χ3n) is 5.82. The standard InChI is InChI=1S/C16H20Br2S/c1-9-13(5-14(17)19-9)15(18)16-6-10-2-11(7-16)4-12(3-10)8-16/h5,10-12,15H,2-4,6-8H2,1H3. The summed E-state index contributed by atoms with van der Waals surface area (Å²) < 4.78 is 1.29. The van der Waals surface area contributed by atoms with Gasteiger partial charge in [0.2, 0.25) is 0 Å². The Morgan fingerprint density at radius 2 is 1.68 bits per heavy atom. The van der Waals surface area contributed by atoms with Gasteiger partial charge in [0.05, 0.1) is 3.79 Å². The predicted molar refractivity (Wildman–Crippen MR) is 89.0 cm³/mol. The molecule has 4 bridgehead atoms. The zero-order valence-corrected chi connectivity index (χ0v) is 15.3. The highest BCUT2D eigenvalue weighted by Gasteiger charge is 2.54. The number of aryl methyl sites for hydroxylation is 1. The van der Waals surface area contributed by atoms with Crippen molar-refractivity contribution in [2.75, 3.05) is 0 Å². The summed E-state index contributed by atoms with van der Waals surface area (Å²) in [6, 6.07) is 2.36. The number of halogens is 2. The van der Waals surface area contributed by atoms with Crippen LogP contribution in [-0.4, -0.2) is 0 Å². The van der Waals surface area contributed by atoms with Crippen molar-refractivity contribution >= 4 is 43.2 Å². The molecule has 1 heterocycles. The summed E-state index contributed by atoms with van der Waals surface area (Å²) in [4.78, 5) is 2.07. The topological polar surface area (TPSA) is 0 Å². The van der Waals surface area contributed by atoms with Gasteiger partial charge in [-0.25, -0.2) is 0 Å². The highest BCUT2D eigenvalue weighted by Crippen LogP contribution is 2.66. The van der Waals surface area contributed by atoms with Crippen LogP contribution in [0.3, 0.4) is 0 Å². The van der Waals surface area contributed by atoms with Crippen molar-refractivity contribution in [1.29, 1.82) is 0 Å². The minimum Gasteiger partial charge on any atom is -0.133 e. The van der Waals surface area contributed by atoms with Gasteiger partial charge in [-0.1, -0.05) is 15.9 Å². The van der Waals surface area contributed by atoms with Gasteiger partial charge in [-0.3, -0.25) is 0 Å². The zero-order chi connectivity index (χ0) is 13.2. The molecule has 3 heteroatoms. The van der Waals surface area contributed by atoms with Crippen LogP contribution in [0, 0.1) is 30.1 Å². The molecule has 0 radical (unpaired) electrons. The Bertz CT molecular complexity index is 470. The number of thiophene rings is 1. The lowest BCUT2D eigenvalue weighted by Crippen LogP contribution is -2.47. The van der Waals surface area contributed by atoms with E-state index < -0.39 is 0 Å². The Morgan fingerprint density at radius 3 is 2.11 bits per heavy atom. The molecule has 0 spiro atoms. The lowest BCUT2D eigenvalue weighted by atomic mass is 9.48. The van der Waals surface area contributed by atoms with Gasteiger partial charge in [0, 0.05) is 9.70 Å². The van der Waals surface area contributed by atoms with E-state index in [2.05, 4.69) is 44.8 Å². The normalized spacial score (nSPS) is 41.7. The third kappa shape index (κ3) is 2.10. The van der Waals surface area contributed by atoms with Crippen LogP contribution in [0.4, 0.5) is 0 Å². The molecule has 0 aromatic carbocycles. The second kappa shape index (κ2) is 4.58. The van der Waals surface area contributed by atoms with Crippen molar-refractivity contribution in [2.24, 2.45) is 23.2 Å². The summed E-state index contributed by atoms with van der Waals surface area (Å²) >= 11 is 9.67. The second-order valence-corrected chi connectivity index (χ2v) is 10.8. The molecule has 1 unspecified atom stereocenters. The first kappa shape index (κ1) is 13.3. The van der Waals surface area contributed by atoms with Gasteiger partial charge < -0.3 is 0 Å².